The number of rotatable bonds is 10. The molecule has 3 fully saturated rings. The molecule has 3 saturated heterocycles. The monoisotopic (exact) mass is 828 g/mol. The van der Waals surface area contributed by atoms with E-state index >= 15 is 0 Å². The van der Waals surface area contributed by atoms with Gasteiger partial charge in [0.15, 0.2) is 5.82 Å². The van der Waals surface area contributed by atoms with E-state index in [0.717, 1.165) is 116 Å². The number of carbonyl (C=O) groups is 3. The van der Waals surface area contributed by atoms with Crippen LogP contribution in [0.4, 0.5) is 27.7 Å². The zero-order chi connectivity index (χ0) is 42.4. The minimum absolute atomic E-state index is 0.0782. The third kappa shape index (κ3) is 7.75. The number of benzene rings is 2. The smallest absolute Gasteiger partial charge is 0.328 e. The number of anilines is 4. The van der Waals surface area contributed by atoms with Gasteiger partial charge in [0.2, 0.25) is 11.8 Å². The molecule has 5 aromatic rings. The summed E-state index contributed by atoms with van der Waals surface area (Å²) in [5.41, 5.74) is 9.02. The quantitative estimate of drug-likeness (QED) is 0.174. The molecule has 0 saturated carbocycles. The van der Waals surface area contributed by atoms with Gasteiger partial charge < -0.3 is 33.5 Å². The molecule has 0 unspecified atom stereocenters. The van der Waals surface area contributed by atoms with E-state index in [4.69, 9.17) is 14.6 Å². The van der Waals surface area contributed by atoms with Crippen LogP contribution in [0.25, 0.3) is 16.8 Å². The number of amides is 4. The predicted octanol–water partition coefficient (Wildman–Crippen LogP) is 6.20. The summed E-state index contributed by atoms with van der Waals surface area (Å²) in [5, 5.41) is 7.83. The van der Waals surface area contributed by atoms with Crippen LogP contribution < -0.4 is 29.5 Å². The van der Waals surface area contributed by atoms with Gasteiger partial charge in [0.25, 0.3) is 0 Å². The second-order valence-electron chi connectivity index (χ2n) is 16.9. The van der Waals surface area contributed by atoms with E-state index in [2.05, 4.69) is 54.8 Å². The Kier molecular flexibility index (Phi) is 11.1. The standard InChI is InChI=1S/C46H56N10O5/c1-30-38(7-6-8-39(30)55-23-16-44(58)48-46(55)59)52-20-11-32(12-21-52)27-51-18-13-33(14-19-51)56-40-15-22-53(31(2)57)28-37(40)45(49-56)50(3)34-9-10-35(41(25-34)60-4)36-26-43-47-17-24-54(43)29-42(36)61-5/h6-10,17,24-26,29,32-33H,11-16,18-23,27-28H2,1-5H3,(H,48,58,59). The number of methoxy groups -OCH3 is 2. The molecule has 15 heteroatoms. The van der Waals surface area contributed by atoms with Gasteiger partial charge in [-0.15, -0.1) is 0 Å². The van der Waals surface area contributed by atoms with Crippen LogP contribution in [0.1, 0.15) is 61.9 Å². The normalized spacial score (nSPS) is 18.1. The summed E-state index contributed by atoms with van der Waals surface area (Å²) >= 11 is 0. The third-order valence-corrected chi connectivity index (χ3v) is 13.4. The van der Waals surface area contributed by atoms with Crippen LogP contribution in [-0.4, -0.2) is 114 Å². The van der Waals surface area contributed by atoms with E-state index in [1.165, 1.54) is 11.4 Å². The molecule has 320 valence electrons. The molecule has 0 atom stereocenters. The first-order chi connectivity index (χ1) is 29.6. The lowest BCUT2D eigenvalue weighted by Crippen LogP contribution is -2.50. The highest BCUT2D eigenvalue weighted by molar-refractivity contribution is 6.06. The summed E-state index contributed by atoms with van der Waals surface area (Å²) in [6, 6.07) is 14.3. The topological polar surface area (TPSA) is 133 Å². The van der Waals surface area contributed by atoms with Gasteiger partial charge in [-0.1, -0.05) is 6.07 Å². The average Bonchev–Trinajstić information content (AvgIpc) is 3.91. The van der Waals surface area contributed by atoms with E-state index < -0.39 is 0 Å². The number of likely N-dealkylation sites (tertiary alicyclic amines) is 1. The number of imide groups is 1. The summed E-state index contributed by atoms with van der Waals surface area (Å²) in [5.74, 6) is 2.79. The summed E-state index contributed by atoms with van der Waals surface area (Å²) in [7, 11) is 5.41. The zero-order valence-electron chi connectivity index (χ0n) is 35.9. The predicted molar refractivity (Wildman–Crippen MR) is 235 cm³/mol. The van der Waals surface area contributed by atoms with E-state index in [1.807, 2.05) is 53.0 Å². The fourth-order valence-corrected chi connectivity index (χ4v) is 9.93. The molecule has 15 nitrogen and oxygen atoms in total. The van der Waals surface area contributed by atoms with Crippen molar-refractivity contribution in [2.24, 2.45) is 5.92 Å². The summed E-state index contributed by atoms with van der Waals surface area (Å²) in [6.45, 7) is 10.5. The van der Waals surface area contributed by atoms with Crippen molar-refractivity contribution in [3.63, 3.8) is 0 Å². The van der Waals surface area contributed by atoms with Crippen molar-refractivity contribution in [2.75, 3.05) is 81.8 Å². The maximum Gasteiger partial charge on any atom is 0.328 e. The van der Waals surface area contributed by atoms with Crippen LogP contribution in [0.5, 0.6) is 11.5 Å². The van der Waals surface area contributed by atoms with Crippen molar-refractivity contribution in [3.8, 4) is 22.6 Å². The Labute approximate surface area is 356 Å². The number of fused-ring (bicyclic) bond motifs is 2. The van der Waals surface area contributed by atoms with Crippen LogP contribution in [0, 0.1) is 12.8 Å². The number of pyridine rings is 1. The van der Waals surface area contributed by atoms with E-state index in [1.54, 1.807) is 32.2 Å². The van der Waals surface area contributed by atoms with Crippen molar-refractivity contribution >= 4 is 46.4 Å². The second kappa shape index (κ2) is 16.8. The van der Waals surface area contributed by atoms with Gasteiger partial charge in [0.1, 0.15) is 17.1 Å². The number of piperidine rings is 2. The van der Waals surface area contributed by atoms with Gasteiger partial charge >= 0.3 is 6.03 Å². The number of ether oxygens (including phenoxy) is 2. The molecule has 9 rings (SSSR count). The third-order valence-electron chi connectivity index (χ3n) is 13.4. The molecule has 0 aliphatic carbocycles. The van der Waals surface area contributed by atoms with Gasteiger partial charge in [-0.05, 0) is 74.4 Å². The number of carbonyl (C=O) groups excluding carboxylic acids is 3. The van der Waals surface area contributed by atoms with Gasteiger partial charge in [-0.3, -0.25) is 24.5 Å². The first-order valence-electron chi connectivity index (χ1n) is 21.6. The van der Waals surface area contributed by atoms with Crippen LogP contribution in [-0.2, 0) is 22.6 Å². The molecule has 1 N–H and O–H groups in total. The minimum atomic E-state index is -0.343. The molecular formula is C46H56N10O5. The van der Waals surface area contributed by atoms with Crippen molar-refractivity contribution in [1.29, 1.82) is 0 Å². The number of nitrogens with one attached hydrogen (secondary N) is 1. The van der Waals surface area contributed by atoms with Crippen molar-refractivity contribution < 1.29 is 23.9 Å². The molecule has 4 aliphatic rings. The van der Waals surface area contributed by atoms with Crippen LogP contribution in [0.2, 0.25) is 0 Å². The fraction of sp³-hybridized carbons (Fsp3) is 0.457. The average molecular weight is 829 g/mol. The second-order valence-corrected chi connectivity index (χ2v) is 16.9. The summed E-state index contributed by atoms with van der Waals surface area (Å²) < 4.78 is 16.0. The van der Waals surface area contributed by atoms with Crippen LogP contribution >= 0.6 is 0 Å². The molecule has 4 aliphatic heterocycles. The Bertz CT molecular complexity index is 2460. The van der Waals surface area contributed by atoms with Gasteiger partial charge in [0.05, 0.1) is 38.7 Å². The largest absolute Gasteiger partial charge is 0.496 e. The zero-order valence-corrected chi connectivity index (χ0v) is 35.9. The molecular weight excluding hydrogens is 773 g/mol. The molecule has 2 aromatic carbocycles. The number of hydrogen-bond donors (Lipinski definition) is 1. The molecule has 0 bridgehead atoms. The number of aromatic nitrogens is 4. The lowest BCUT2D eigenvalue weighted by molar-refractivity contribution is -0.129. The number of urea groups is 1. The van der Waals surface area contributed by atoms with Crippen molar-refractivity contribution in [2.45, 2.75) is 65.0 Å². The van der Waals surface area contributed by atoms with Gasteiger partial charge in [-0.25, -0.2) is 9.78 Å². The number of nitrogens with zero attached hydrogens (tertiary/aromatic N) is 9. The van der Waals surface area contributed by atoms with Crippen molar-refractivity contribution in [1.82, 2.24) is 34.3 Å². The Hall–Kier alpha value is -6.09. The van der Waals surface area contributed by atoms with Gasteiger partial charge in [0, 0.05) is 125 Å². The summed E-state index contributed by atoms with van der Waals surface area (Å²) in [4.78, 5) is 52.3. The van der Waals surface area contributed by atoms with Crippen molar-refractivity contribution in [3.05, 3.63) is 77.9 Å². The van der Waals surface area contributed by atoms with E-state index in [9.17, 15) is 14.4 Å². The minimum Gasteiger partial charge on any atom is -0.496 e. The summed E-state index contributed by atoms with van der Waals surface area (Å²) in [6.07, 6.45) is 11.0. The lowest BCUT2D eigenvalue weighted by atomic mass is 9.93. The Morgan fingerprint density at radius 2 is 1.67 bits per heavy atom. The highest BCUT2D eigenvalue weighted by atomic mass is 16.5. The molecule has 0 radical (unpaired) electrons. The molecule has 7 heterocycles. The lowest BCUT2D eigenvalue weighted by Gasteiger charge is -2.39. The highest BCUT2D eigenvalue weighted by Crippen LogP contribution is 2.42. The Balaban J connectivity index is 0.872. The SMILES string of the molecule is COc1cc(N(C)c2nn(C3CCN(CC4CCN(c5cccc(N6CCC(=O)NC6=O)c5C)CC4)CC3)c3c2CN(C(C)=O)CC3)ccc1-c1cc2nccn2cc1OC. The number of imidazole rings is 1. The highest BCUT2D eigenvalue weighted by Gasteiger charge is 2.34. The Morgan fingerprint density at radius 1 is 0.902 bits per heavy atom. The molecule has 4 amide bonds. The molecule has 0 spiro atoms. The fourth-order valence-electron chi connectivity index (χ4n) is 9.93. The van der Waals surface area contributed by atoms with Gasteiger partial charge in [-0.2, -0.15) is 5.10 Å². The molecule has 61 heavy (non-hydrogen) atoms. The van der Waals surface area contributed by atoms with Crippen LogP contribution in [0.15, 0.2) is 61.1 Å². The van der Waals surface area contributed by atoms with E-state index in [0.29, 0.717) is 37.7 Å². The molecule has 3 aromatic heterocycles. The Morgan fingerprint density at radius 3 is 2.41 bits per heavy atom. The van der Waals surface area contributed by atoms with E-state index in [-0.39, 0.29) is 23.9 Å². The van der Waals surface area contributed by atoms with Crippen LogP contribution in [0.3, 0.4) is 0 Å². The maximum absolute atomic E-state index is 12.7. The maximum atomic E-state index is 12.7. The first-order valence-corrected chi connectivity index (χ1v) is 21.6. The number of hydrogen-bond acceptors (Lipinski definition) is 10. The first kappa shape index (κ1) is 40.3.